The van der Waals surface area contributed by atoms with Crippen molar-refractivity contribution >= 4 is 23.6 Å². The third-order valence-corrected chi connectivity index (χ3v) is 12.1. The molecule has 3 aliphatic heterocycles. The van der Waals surface area contributed by atoms with Crippen molar-refractivity contribution in [2.45, 2.75) is 68.9 Å². The Morgan fingerprint density at radius 3 is 2.21 bits per heavy atom. The molecular formula is C49H53N5O7. The van der Waals surface area contributed by atoms with E-state index in [0.717, 1.165) is 70.6 Å². The minimum Gasteiger partial charge on any atom is -0.467 e. The zero-order chi connectivity index (χ0) is 42.2. The van der Waals surface area contributed by atoms with Gasteiger partial charge in [0, 0.05) is 50.3 Å². The quantitative estimate of drug-likeness (QED) is 0.0993. The molecule has 3 heterocycles. The van der Waals surface area contributed by atoms with E-state index < -0.39 is 29.9 Å². The number of carbonyl (C=O) groups excluding carboxylic acids is 3. The molecule has 0 aromatic heterocycles. The monoisotopic (exact) mass is 823 g/mol. The molecular weight excluding hydrogens is 771 g/mol. The lowest BCUT2D eigenvalue weighted by Gasteiger charge is -2.45. The fourth-order valence-corrected chi connectivity index (χ4v) is 8.73. The number of hydrogen-bond acceptors (Lipinski definition) is 9. The van der Waals surface area contributed by atoms with Gasteiger partial charge in [0.15, 0.2) is 6.29 Å². The van der Waals surface area contributed by atoms with Crippen LogP contribution in [0.1, 0.15) is 59.5 Å². The number of benzene rings is 5. The number of aliphatic hydroxyl groups is 1. The van der Waals surface area contributed by atoms with Crippen LogP contribution in [0.3, 0.4) is 0 Å². The van der Waals surface area contributed by atoms with Crippen LogP contribution in [0.5, 0.6) is 0 Å². The van der Waals surface area contributed by atoms with Crippen LogP contribution in [0.15, 0.2) is 133 Å². The molecule has 0 radical (unpaired) electrons. The zero-order valence-corrected chi connectivity index (χ0v) is 34.4. The highest BCUT2D eigenvalue weighted by molar-refractivity contribution is 5.93. The van der Waals surface area contributed by atoms with Gasteiger partial charge in [0.1, 0.15) is 11.6 Å². The number of piperidine rings is 1. The predicted molar refractivity (Wildman–Crippen MR) is 232 cm³/mol. The Morgan fingerprint density at radius 1 is 0.820 bits per heavy atom. The summed E-state index contributed by atoms with van der Waals surface area (Å²) in [6.45, 7) is 3.01. The molecule has 0 saturated carbocycles. The molecule has 316 valence electrons. The summed E-state index contributed by atoms with van der Waals surface area (Å²) in [5.74, 6) is -0.410. The predicted octanol–water partition coefficient (Wildman–Crippen LogP) is 6.40. The smallest absolute Gasteiger partial charge is 0.328 e. The first-order chi connectivity index (χ1) is 29.8. The molecule has 12 heteroatoms. The molecule has 5 aromatic rings. The number of nitrogens with one attached hydrogen (secondary N) is 3. The van der Waals surface area contributed by atoms with E-state index in [1.807, 2.05) is 109 Å². The van der Waals surface area contributed by atoms with Gasteiger partial charge in [0.2, 0.25) is 5.91 Å². The van der Waals surface area contributed by atoms with Crippen molar-refractivity contribution in [3.05, 3.63) is 161 Å². The van der Waals surface area contributed by atoms with Gasteiger partial charge in [0.05, 0.1) is 32.6 Å². The van der Waals surface area contributed by atoms with E-state index in [2.05, 4.69) is 50.0 Å². The number of urea groups is 1. The van der Waals surface area contributed by atoms with Crippen molar-refractivity contribution < 1.29 is 33.7 Å². The summed E-state index contributed by atoms with van der Waals surface area (Å²) in [7, 11) is 1.31. The van der Waals surface area contributed by atoms with Gasteiger partial charge in [-0.05, 0) is 64.4 Å². The number of esters is 1. The second-order valence-electron chi connectivity index (χ2n) is 16.0. The third kappa shape index (κ3) is 9.79. The largest absolute Gasteiger partial charge is 0.467 e. The Labute approximate surface area is 356 Å². The maximum absolute atomic E-state index is 13.3. The number of carbonyl (C=O) groups is 3. The van der Waals surface area contributed by atoms with E-state index in [9.17, 15) is 19.5 Å². The van der Waals surface area contributed by atoms with Crippen LogP contribution >= 0.6 is 0 Å². The molecule has 12 nitrogen and oxygen atoms in total. The molecule has 4 atom stereocenters. The molecule has 0 unspecified atom stereocenters. The average molecular weight is 824 g/mol. The number of nitrogens with zero attached hydrogens (tertiary/aromatic N) is 2. The number of rotatable bonds is 13. The van der Waals surface area contributed by atoms with E-state index in [4.69, 9.17) is 14.2 Å². The lowest BCUT2D eigenvalue weighted by molar-refractivity contribution is -0.253. The molecule has 3 saturated heterocycles. The molecule has 5 aromatic carbocycles. The van der Waals surface area contributed by atoms with Crippen LogP contribution < -0.4 is 20.9 Å². The normalized spacial score (nSPS) is 20.5. The molecule has 1 spiro atoms. The highest BCUT2D eigenvalue weighted by Crippen LogP contribution is 2.40. The Hall–Kier alpha value is -6.05. The maximum Gasteiger partial charge on any atom is 0.328 e. The van der Waals surface area contributed by atoms with Crippen molar-refractivity contribution in [3.63, 3.8) is 0 Å². The van der Waals surface area contributed by atoms with E-state index >= 15 is 0 Å². The Kier molecular flexibility index (Phi) is 13.1. The molecule has 3 fully saturated rings. The molecule has 0 aliphatic carbocycles. The second-order valence-corrected chi connectivity index (χ2v) is 16.0. The second kappa shape index (κ2) is 19.1. The first-order valence-electron chi connectivity index (χ1n) is 21.0. The number of aliphatic hydroxyl groups excluding tert-OH is 1. The minimum absolute atomic E-state index is 0.0237. The lowest BCUT2D eigenvalue weighted by Crippen LogP contribution is -2.57. The van der Waals surface area contributed by atoms with Gasteiger partial charge < -0.3 is 45.1 Å². The van der Waals surface area contributed by atoms with Crippen LogP contribution in [0.4, 0.5) is 10.5 Å². The standard InChI is InChI=1S/C49H53N5O7/c1-59-45(56)43(28-34-9-4-2-5-10-34)52-48(58)50-30-36-11-8-12-40(27-36)37-19-21-39(22-20-37)46-60-42(29-44(61-46)38-17-15-35(32-55)16-18-38)31-53-25-23-49(24-26-53)47(57)51-33-54(49)41-13-6-3-7-14-41/h2-22,27,42-44,46,55H,23-26,28-33H2,1H3,(H,51,57)(H2,50,52,58)/t42-,43-,44+,46+/m0/s1. The van der Waals surface area contributed by atoms with Crippen LogP contribution in [0.25, 0.3) is 11.1 Å². The fraction of sp³-hybridized carbons (Fsp3) is 0.327. The number of anilines is 1. The number of hydrogen-bond donors (Lipinski definition) is 4. The van der Waals surface area contributed by atoms with E-state index in [1.165, 1.54) is 7.11 Å². The van der Waals surface area contributed by atoms with Crippen molar-refractivity contribution in [1.29, 1.82) is 0 Å². The number of ether oxygens (including phenoxy) is 3. The van der Waals surface area contributed by atoms with Gasteiger partial charge in [-0.1, -0.05) is 115 Å². The summed E-state index contributed by atoms with van der Waals surface area (Å²) in [6, 6.07) is 42.4. The fourth-order valence-electron chi connectivity index (χ4n) is 8.73. The van der Waals surface area contributed by atoms with Crippen molar-refractivity contribution in [2.75, 3.05) is 38.3 Å². The summed E-state index contributed by atoms with van der Waals surface area (Å²) < 4.78 is 18.3. The van der Waals surface area contributed by atoms with Gasteiger partial charge in [-0.2, -0.15) is 0 Å². The van der Waals surface area contributed by atoms with Crippen molar-refractivity contribution in [2.24, 2.45) is 0 Å². The van der Waals surface area contributed by atoms with Crippen molar-refractivity contribution in [3.8, 4) is 11.1 Å². The van der Waals surface area contributed by atoms with Crippen LogP contribution in [0, 0.1) is 0 Å². The van der Waals surface area contributed by atoms with Gasteiger partial charge in [-0.15, -0.1) is 0 Å². The molecule has 3 amide bonds. The van der Waals surface area contributed by atoms with Gasteiger partial charge in [-0.25, -0.2) is 9.59 Å². The van der Waals surface area contributed by atoms with Gasteiger partial charge in [0.25, 0.3) is 0 Å². The topological polar surface area (TPSA) is 142 Å². The molecule has 4 N–H and O–H groups in total. The van der Waals surface area contributed by atoms with E-state index in [-0.39, 0.29) is 31.3 Å². The average Bonchev–Trinajstić information content (AvgIpc) is 3.63. The van der Waals surface area contributed by atoms with Gasteiger partial charge in [-0.3, -0.25) is 4.79 Å². The summed E-state index contributed by atoms with van der Waals surface area (Å²) >= 11 is 0. The van der Waals surface area contributed by atoms with Crippen LogP contribution in [-0.2, 0) is 43.4 Å². The number of methoxy groups -OCH3 is 1. The Bertz CT molecular complexity index is 2250. The highest BCUT2D eigenvalue weighted by atomic mass is 16.7. The molecule has 8 rings (SSSR count). The van der Waals surface area contributed by atoms with E-state index in [1.54, 1.807) is 0 Å². The first-order valence-corrected chi connectivity index (χ1v) is 21.0. The number of para-hydroxylation sites is 1. The lowest BCUT2D eigenvalue weighted by atomic mass is 9.85. The van der Waals surface area contributed by atoms with E-state index in [0.29, 0.717) is 26.1 Å². The summed E-state index contributed by atoms with van der Waals surface area (Å²) in [5.41, 5.74) is 7.06. The summed E-state index contributed by atoms with van der Waals surface area (Å²) in [6.07, 6.45) is 1.48. The SMILES string of the molecule is COC(=O)[C@H](Cc1ccccc1)NC(=O)NCc1cccc(-c2ccc([C@@H]3O[C@H](CN4CCC5(CC4)C(=O)NCN5c4ccccc4)C[C@H](c4ccc(CO)cc4)O3)cc2)c1. The molecule has 0 bridgehead atoms. The third-order valence-electron chi connectivity index (χ3n) is 12.1. The minimum atomic E-state index is -0.822. The first kappa shape index (κ1) is 41.7. The van der Waals surface area contributed by atoms with Crippen LogP contribution in [0.2, 0.25) is 0 Å². The zero-order valence-electron chi connectivity index (χ0n) is 34.4. The Balaban J connectivity index is 0.918. The number of amides is 3. The van der Waals surface area contributed by atoms with Gasteiger partial charge >= 0.3 is 12.0 Å². The summed E-state index contributed by atoms with van der Waals surface area (Å²) in [5, 5.41) is 18.4. The highest BCUT2D eigenvalue weighted by Gasteiger charge is 2.50. The molecule has 61 heavy (non-hydrogen) atoms. The van der Waals surface area contributed by atoms with Crippen LogP contribution in [-0.4, -0.2) is 79.0 Å². The number of likely N-dealkylation sites (tertiary alicyclic amines) is 1. The molecule has 3 aliphatic rings. The Morgan fingerprint density at radius 2 is 1.51 bits per heavy atom. The summed E-state index contributed by atoms with van der Waals surface area (Å²) in [4.78, 5) is 43.3. The van der Waals surface area contributed by atoms with Crippen molar-refractivity contribution in [1.82, 2.24) is 20.9 Å². The maximum atomic E-state index is 13.3.